The fourth-order valence-corrected chi connectivity index (χ4v) is 4.53. The highest BCUT2D eigenvalue weighted by molar-refractivity contribution is 6.01. The van der Waals surface area contributed by atoms with E-state index in [-0.39, 0.29) is 25.9 Å². The molecule has 0 radical (unpaired) electrons. The molecule has 3 N–H and O–H groups in total. The van der Waals surface area contributed by atoms with Crippen molar-refractivity contribution in [3.63, 3.8) is 0 Å². The number of alkyl carbamates (subject to hydrolysis) is 1. The van der Waals surface area contributed by atoms with Crippen molar-refractivity contribution in [3.05, 3.63) is 24.3 Å². The van der Waals surface area contributed by atoms with E-state index in [2.05, 4.69) is 22.2 Å². The summed E-state index contributed by atoms with van der Waals surface area (Å²) in [6.07, 6.45) is -0.843. The molecule has 1 aromatic rings. The molecule has 2 aliphatic heterocycles. The third-order valence-corrected chi connectivity index (χ3v) is 6.63. The number of carbonyl (C=O) groups excluding carboxylic acids is 3. The number of hydrogen-bond acceptors (Lipinski definition) is 8. The lowest BCUT2D eigenvalue weighted by Gasteiger charge is -2.42. The van der Waals surface area contributed by atoms with E-state index in [1.54, 1.807) is 46.4 Å². The van der Waals surface area contributed by atoms with Crippen LogP contribution in [0.2, 0.25) is 0 Å². The van der Waals surface area contributed by atoms with E-state index in [4.69, 9.17) is 15.3 Å². The molecule has 212 valence electrons. The number of amides is 3. The summed E-state index contributed by atoms with van der Waals surface area (Å²) in [6.45, 7) is 14.9. The number of nitrogens with one attached hydrogen (secondary N) is 1. The Kier molecular flexibility index (Phi) is 8.82. The summed E-state index contributed by atoms with van der Waals surface area (Å²) in [5.41, 5.74) is -1.15. The summed E-state index contributed by atoms with van der Waals surface area (Å²) >= 11 is 0. The van der Waals surface area contributed by atoms with Crippen molar-refractivity contribution in [1.29, 1.82) is 0 Å². The maximum atomic E-state index is 13.8. The molecular weight excluding hydrogens is 488 g/mol. The molecule has 2 fully saturated rings. The van der Waals surface area contributed by atoms with Crippen LogP contribution < -0.4 is 21.1 Å². The highest BCUT2D eigenvalue weighted by Gasteiger charge is 2.47. The van der Waals surface area contributed by atoms with Crippen LogP contribution in [-0.4, -0.2) is 91.0 Å². The Bertz CT molecular complexity index is 985. The molecule has 3 amide bonds. The maximum absolute atomic E-state index is 13.8. The highest BCUT2D eigenvalue weighted by Crippen LogP contribution is 2.29. The van der Waals surface area contributed by atoms with Crippen molar-refractivity contribution in [3.8, 4) is 0 Å². The zero-order valence-corrected chi connectivity index (χ0v) is 23.9. The van der Waals surface area contributed by atoms with Gasteiger partial charge in [0.1, 0.15) is 16.7 Å². The zero-order valence-electron chi connectivity index (χ0n) is 23.9. The smallest absolute Gasteiger partial charge is 0.410 e. The summed E-state index contributed by atoms with van der Waals surface area (Å²) in [5.74, 6) is 5.88. The van der Waals surface area contributed by atoms with Crippen LogP contribution >= 0.6 is 0 Å². The third kappa shape index (κ3) is 7.73. The van der Waals surface area contributed by atoms with Crippen LogP contribution in [0.25, 0.3) is 0 Å². The molecule has 11 nitrogen and oxygen atoms in total. The lowest BCUT2D eigenvalue weighted by molar-refractivity contribution is -0.127. The minimum Gasteiger partial charge on any atom is -0.444 e. The molecule has 0 unspecified atom stereocenters. The average Bonchev–Trinajstić information content (AvgIpc) is 2.82. The van der Waals surface area contributed by atoms with Gasteiger partial charge in [-0.15, -0.1) is 0 Å². The lowest BCUT2D eigenvalue weighted by atomic mass is 9.86. The van der Waals surface area contributed by atoms with Crippen LogP contribution in [-0.2, 0) is 14.3 Å². The van der Waals surface area contributed by atoms with Gasteiger partial charge in [-0.3, -0.25) is 4.79 Å². The van der Waals surface area contributed by atoms with Gasteiger partial charge in [-0.1, -0.05) is 0 Å². The summed E-state index contributed by atoms with van der Waals surface area (Å²) in [7, 11) is 2.11. The minimum atomic E-state index is -1.34. The Morgan fingerprint density at radius 3 is 1.89 bits per heavy atom. The van der Waals surface area contributed by atoms with E-state index < -0.39 is 34.8 Å². The SMILES string of the molecule is CN1CCN(c2ccc(N(N)C(=O)C3(NC(=O)OC(C)(C)C)CCN(C(=O)OC(C)(C)C)CC3)cc2)CC1. The van der Waals surface area contributed by atoms with Crippen LogP contribution in [0.3, 0.4) is 0 Å². The third-order valence-electron chi connectivity index (χ3n) is 6.63. The number of piperazine rings is 1. The van der Waals surface area contributed by atoms with Gasteiger partial charge >= 0.3 is 12.2 Å². The van der Waals surface area contributed by atoms with Gasteiger partial charge in [-0.25, -0.2) is 20.4 Å². The molecule has 0 spiro atoms. The summed E-state index contributed by atoms with van der Waals surface area (Å²) in [4.78, 5) is 45.3. The van der Waals surface area contributed by atoms with Crippen LogP contribution in [0, 0.1) is 0 Å². The Labute approximate surface area is 226 Å². The average molecular weight is 533 g/mol. The van der Waals surface area contributed by atoms with E-state index in [0.717, 1.165) is 36.9 Å². The standard InChI is InChI=1S/C27H44N6O5/c1-25(2,3)37-23(35)29-27(12-14-32(15-13-27)24(36)38-26(4,5)6)22(34)33(28)21-10-8-20(9-11-21)31-18-16-30(7)17-19-31/h8-11H,12-19,28H2,1-7H3,(H,29,35). The van der Waals surface area contributed by atoms with Gasteiger partial charge in [0.15, 0.2) is 0 Å². The van der Waals surface area contributed by atoms with Gasteiger partial charge < -0.3 is 29.5 Å². The predicted molar refractivity (Wildman–Crippen MR) is 147 cm³/mol. The van der Waals surface area contributed by atoms with Crippen molar-refractivity contribution in [2.24, 2.45) is 5.84 Å². The number of likely N-dealkylation sites (N-methyl/N-ethyl adjacent to an activating group) is 1. The molecule has 0 bridgehead atoms. The van der Waals surface area contributed by atoms with Gasteiger partial charge in [0, 0.05) is 45.0 Å². The van der Waals surface area contributed by atoms with Gasteiger partial charge in [-0.2, -0.15) is 0 Å². The van der Waals surface area contributed by atoms with Gasteiger partial charge in [0.2, 0.25) is 0 Å². The van der Waals surface area contributed by atoms with Crippen molar-refractivity contribution in [1.82, 2.24) is 15.1 Å². The Morgan fingerprint density at radius 1 is 0.868 bits per heavy atom. The summed E-state index contributed by atoms with van der Waals surface area (Å²) in [5, 5.41) is 3.87. The van der Waals surface area contributed by atoms with Crippen molar-refractivity contribution >= 4 is 29.5 Å². The molecule has 2 heterocycles. The second kappa shape index (κ2) is 11.4. The molecule has 3 rings (SSSR count). The number of nitrogens with zero attached hydrogens (tertiary/aromatic N) is 4. The van der Waals surface area contributed by atoms with Crippen LogP contribution in [0.4, 0.5) is 21.0 Å². The normalized spacial score (nSPS) is 18.5. The molecule has 2 aliphatic rings. The molecule has 0 aliphatic carbocycles. The van der Waals surface area contributed by atoms with Crippen molar-refractivity contribution in [2.75, 3.05) is 56.2 Å². The minimum absolute atomic E-state index is 0.164. The number of ether oxygens (including phenoxy) is 2. The number of likely N-dealkylation sites (tertiary alicyclic amines) is 1. The second-order valence-corrected chi connectivity index (χ2v) is 12.2. The molecule has 0 atom stereocenters. The van der Waals surface area contributed by atoms with Crippen molar-refractivity contribution in [2.45, 2.75) is 71.1 Å². The first-order valence-corrected chi connectivity index (χ1v) is 13.2. The molecule has 11 heteroatoms. The largest absolute Gasteiger partial charge is 0.444 e. The second-order valence-electron chi connectivity index (χ2n) is 12.2. The molecule has 38 heavy (non-hydrogen) atoms. The molecular formula is C27H44N6O5. The Balaban J connectivity index is 1.77. The molecule has 0 saturated carbocycles. The number of nitrogens with two attached hydrogens (primary N) is 1. The number of anilines is 2. The van der Waals surface area contributed by atoms with Crippen LogP contribution in [0.15, 0.2) is 24.3 Å². The first-order valence-electron chi connectivity index (χ1n) is 13.2. The number of piperidine rings is 1. The monoisotopic (exact) mass is 532 g/mol. The fourth-order valence-electron chi connectivity index (χ4n) is 4.53. The number of carbonyl (C=O) groups is 3. The fraction of sp³-hybridized carbons (Fsp3) is 0.667. The van der Waals surface area contributed by atoms with Crippen molar-refractivity contribution < 1.29 is 23.9 Å². The van der Waals surface area contributed by atoms with Gasteiger partial charge in [-0.05, 0) is 85.7 Å². The van der Waals surface area contributed by atoms with Crippen LogP contribution in [0.1, 0.15) is 54.4 Å². The number of rotatable bonds is 4. The van der Waals surface area contributed by atoms with Crippen LogP contribution in [0.5, 0.6) is 0 Å². The maximum Gasteiger partial charge on any atom is 0.410 e. The first kappa shape index (κ1) is 29.5. The topological polar surface area (TPSA) is 121 Å². The van der Waals surface area contributed by atoms with E-state index in [0.29, 0.717) is 5.69 Å². The predicted octanol–water partition coefficient (Wildman–Crippen LogP) is 2.94. The lowest BCUT2D eigenvalue weighted by Crippen LogP contribution is -2.66. The Hall–Kier alpha value is -3.05. The number of hydrazine groups is 1. The first-order chi connectivity index (χ1) is 17.6. The highest BCUT2D eigenvalue weighted by atomic mass is 16.6. The zero-order chi connectivity index (χ0) is 28.3. The quantitative estimate of drug-likeness (QED) is 0.345. The molecule has 1 aromatic carbocycles. The van der Waals surface area contributed by atoms with Gasteiger partial charge in [0.05, 0.1) is 5.69 Å². The van der Waals surface area contributed by atoms with E-state index in [9.17, 15) is 14.4 Å². The summed E-state index contributed by atoms with van der Waals surface area (Å²) in [6, 6.07) is 7.52. The van der Waals surface area contributed by atoms with E-state index >= 15 is 0 Å². The number of benzene rings is 1. The molecule has 0 aromatic heterocycles. The number of hydrogen-bond donors (Lipinski definition) is 2. The molecule has 2 saturated heterocycles. The Morgan fingerprint density at radius 2 is 1.39 bits per heavy atom. The van der Waals surface area contributed by atoms with E-state index in [1.807, 2.05) is 24.3 Å². The van der Waals surface area contributed by atoms with Gasteiger partial charge in [0.25, 0.3) is 5.91 Å². The van der Waals surface area contributed by atoms with E-state index in [1.165, 1.54) is 0 Å². The summed E-state index contributed by atoms with van der Waals surface area (Å²) < 4.78 is 10.9.